The lowest BCUT2D eigenvalue weighted by molar-refractivity contribution is -0.140. The summed E-state index contributed by atoms with van der Waals surface area (Å²) in [7, 11) is 0. The zero-order valence-electron chi connectivity index (χ0n) is 16.8. The summed E-state index contributed by atoms with van der Waals surface area (Å²) in [6.45, 7) is 0. The van der Waals surface area contributed by atoms with E-state index in [1.807, 2.05) is 0 Å². The van der Waals surface area contributed by atoms with Crippen LogP contribution in [-0.2, 0) is 21.9 Å². The normalized spacial score (nSPS) is 13.1. The lowest BCUT2D eigenvalue weighted by Crippen LogP contribution is -2.44. The Hall–Kier alpha value is -3.45. The smallest absolute Gasteiger partial charge is 0.408 e. The second kappa shape index (κ2) is 10.2. The molecule has 0 aromatic heterocycles. The van der Waals surface area contributed by atoms with Gasteiger partial charge in [0, 0.05) is 17.0 Å². The quantitative estimate of drug-likeness (QED) is 0.460. The van der Waals surface area contributed by atoms with E-state index in [0.717, 1.165) is 6.07 Å². The van der Waals surface area contributed by atoms with Crippen LogP contribution in [0.3, 0.4) is 0 Å². The maximum absolute atomic E-state index is 15.4. The minimum absolute atomic E-state index is 0.0358. The van der Waals surface area contributed by atoms with Crippen molar-refractivity contribution in [2.24, 2.45) is 0 Å². The molecule has 0 heterocycles. The highest BCUT2D eigenvalue weighted by Gasteiger charge is 2.45. The lowest BCUT2D eigenvalue weighted by Gasteiger charge is -2.28. The average molecular weight is 460 g/mol. The average Bonchev–Trinajstić information content (AvgIpc) is 2.78. The van der Waals surface area contributed by atoms with Crippen LogP contribution < -0.4 is 5.32 Å². The van der Waals surface area contributed by atoms with Crippen molar-refractivity contribution in [2.75, 3.05) is 0 Å². The highest BCUT2D eigenvalue weighted by Crippen LogP contribution is 2.43. The third-order valence-corrected chi connectivity index (χ3v) is 4.97. The zero-order valence-corrected chi connectivity index (χ0v) is 17.5. The fourth-order valence-electron chi connectivity index (χ4n) is 3.16. The van der Waals surface area contributed by atoms with Crippen LogP contribution in [0.15, 0.2) is 84.9 Å². The van der Waals surface area contributed by atoms with Crippen LogP contribution in [0, 0.1) is 0 Å². The van der Waals surface area contributed by atoms with Gasteiger partial charge < -0.3 is 15.2 Å². The molecule has 32 heavy (non-hydrogen) atoms. The van der Waals surface area contributed by atoms with Gasteiger partial charge in [0.1, 0.15) is 6.04 Å². The Morgan fingerprint density at radius 3 is 2.19 bits per heavy atom. The van der Waals surface area contributed by atoms with E-state index in [2.05, 4.69) is 5.32 Å². The number of benzene rings is 3. The molecule has 0 aliphatic carbocycles. The number of rotatable bonds is 8. The zero-order chi connectivity index (χ0) is 23.1. The summed E-state index contributed by atoms with van der Waals surface area (Å²) in [4.78, 5) is 24.1. The number of carbonyl (C=O) groups is 2. The Kier molecular flexibility index (Phi) is 7.43. The molecule has 0 saturated carbocycles. The van der Waals surface area contributed by atoms with Gasteiger partial charge in [0.2, 0.25) is 0 Å². The fraction of sp³-hybridized carbons (Fsp3) is 0.167. The summed E-state index contributed by atoms with van der Waals surface area (Å²) < 4.78 is 35.9. The molecule has 0 aliphatic heterocycles. The summed E-state index contributed by atoms with van der Waals surface area (Å²) in [5.41, 5.74) is 0.261. The third-order valence-electron chi connectivity index (χ3n) is 4.74. The van der Waals surface area contributed by atoms with E-state index >= 15 is 8.78 Å². The first-order chi connectivity index (χ1) is 15.3. The van der Waals surface area contributed by atoms with E-state index in [4.69, 9.17) is 16.3 Å². The van der Waals surface area contributed by atoms with Crippen LogP contribution in [0.4, 0.5) is 13.6 Å². The molecule has 8 heteroatoms. The van der Waals surface area contributed by atoms with E-state index < -0.39 is 35.7 Å². The van der Waals surface area contributed by atoms with Crippen molar-refractivity contribution in [3.63, 3.8) is 0 Å². The second-order valence-corrected chi connectivity index (χ2v) is 7.49. The number of aliphatic carboxylic acids is 1. The van der Waals surface area contributed by atoms with Crippen molar-refractivity contribution in [2.45, 2.75) is 24.5 Å². The first-order valence-electron chi connectivity index (χ1n) is 9.70. The van der Waals surface area contributed by atoms with Gasteiger partial charge in [-0.1, -0.05) is 84.4 Å². The summed E-state index contributed by atoms with van der Waals surface area (Å²) in [6, 6.07) is 19.8. The first kappa shape index (κ1) is 23.2. The minimum atomic E-state index is -3.64. The molecule has 0 radical (unpaired) electrons. The molecule has 0 fully saturated rings. The van der Waals surface area contributed by atoms with Gasteiger partial charge in [-0.2, -0.15) is 8.78 Å². The number of carboxylic acid groups (broad SMARTS) is 1. The van der Waals surface area contributed by atoms with Crippen LogP contribution >= 0.6 is 11.6 Å². The van der Waals surface area contributed by atoms with Gasteiger partial charge in [0.15, 0.2) is 6.10 Å². The Morgan fingerprint density at radius 2 is 1.59 bits per heavy atom. The van der Waals surface area contributed by atoms with E-state index in [0.29, 0.717) is 5.56 Å². The predicted octanol–water partition coefficient (Wildman–Crippen LogP) is 5.60. The van der Waals surface area contributed by atoms with Gasteiger partial charge >= 0.3 is 18.0 Å². The van der Waals surface area contributed by atoms with Crippen molar-refractivity contribution in [1.82, 2.24) is 5.32 Å². The monoisotopic (exact) mass is 459 g/mol. The van der Waals surface area contributed by atoms with Crippen molar-refractivity contribution < 1.29 is 28.2 Å². The molecule has 1 amide bonds. The number of carboxylic acids is 1. The molecule has 3 rings (SSSR count). The molecule has 2 atom stereocenters. The second-order valence-electron chi connectivity index (χ2n) is 7.05. The number of carbonyl (C=O) groups excluding carboxylic acids is 1. The number of alkyl halides is 2. The van der Waals surface area contributed by atoms with Gasteiger partial charge in [0.25, 0.3) is 0 Å². The maximum atomic E-state index is 15.4. The largest absolute Gasteiger partial charge is 0.480 e. The van der Waals surface area contributed by atoms with E-state index in [1.165, 1.54) is 42.5 Å². The van der Waals surface area contributed by atoms with Crippen LogP contribution in [-0.4, -0.2) is 23.2 Å². The number of hydrogen-bond donors (Lipinski definition) is 2. The number of hydrogen-bond acceptors (Lipinski definition) is 3. The van der Waals surface area contributed by atoms with Gasteiger partial charge in [-0.05, 0) is 23.3 Å². The number of halogens is 3. The molecular weight excluding hydrogens is 440 g/mol. The summed E-state index contributed by atoms with van der Waals surface area (Å²) in [5.74, 6) is -4.95. The number of alkyl carbamates (subject to hydrolysis) is 1. The maximum Gasteiger partial charge on any atom is 0.408 e. The van der Waals surface area contributed by atoms with Crippen molar-refractivity contribution in [3.05, 3.63) is 107 Å². The predicted molar refractivity (Wildman–Crippen MR) is 116 cm³/mol. The standard InChI is InChI=1S/C24H20ClF2NO4/c25-19-13-7-12-18(15-19)24(26,27)21(17-10-5-2-6-11-17)32-23(31)28-20(22(29)30)14-16-8-3-1-4-9-16/h1-13,15,20-21H,14H2,(H,28,31)(H,29,30)/t20-,21?/m0/s1. The van der Waals surface area contributed by atoms with Crippen molar-refractivity contribution >= 4 is 23.7 Å². The summed E-state index contributed by atoms with van der Waals surface area (Å²) in [5, 5.41) is 11.8. The molecule has 0 aliphatic rings. The van der Waals surface area contributed by atoms with Gasteiger partial charge in [-0.15, -0.1) is 0 Å². The van der Waals surface area contributed by atoms with E-state index in [9.17, 15) is 14.7 Å². The first-order valence-corrected chi connectivity index (χ1v) is 10.1. The highest BCUT2D eigenvalue weighted by atomic mass is 35.5. The highest BCUT2D eigenvalue weighted by molar-refractivity contribution is 6.30. The fourth-order valence-corrected chi connectivity index (χ4v) is 3.35. The molecule has 3 aromatic rings. The Morgan fingerprint density at radius 1 is 0.969 bits per heavy atom. The van der Waals surface area contributed by atoms with Crippen LogP contribution in [0.2, 0.25) is 5.02 Å². The molecule has 0 spiro atoms. The van der Waals surface area contributed by atoms with Crippen LogP contribution in [0.1, 0.15) is 22.8 Å². The molecule has 1 unspecified atom stereocenters. The Bertz CT molecular complexity index is 1060. The molecule has 0 saturated heterocycles. The summed E-state index contributed by atoms with van der Waals surface area (Å²) in [6.07, 6.45) is -3.32. The van der Waals surface area contributed by atoms with Crippen LogP contribution in [0.25, 0.3) is 0 Å². The molecule has 5 nitrogen and oxygen atoms in total. The Balaban J connectivity index is 1.84. The molecule has 166 valence electrons. The SMILES string of the molecule is O=C(N[C@@H](Cc1ccccc1)C(=O)O)OC(c1ccccc1)C(F)(F)c1cccc(Cl)c1. The lowest BCUT2D eigenvalue weighted by atomic mass is 9.97. The molecule has 2 N–H and O–H groups in total. The number of nitrogens with one attached hydrogen (secondary N) is 1. The Labute approximate surface area is 188 Å². The summed E-state index contributed by atoms with van der Waals surface area (Å²) >= 11 is 5.87. The van der Waals surface area contributed by atoms with Crippen molar-refractivity contribution in [1.29, 1.82) is 0 Å². The van der Waals surface area contributed by atoms with Gasteiger partial charge in [0.05, 0.1) is 0 Å². The number of ether oxygens (including phenoxy) is 1. The number of amides is 1. The van der Waals surface area contributed by atoms with Crippen LogP contribution in [0.5, 0.6) is 0 Å². The van der Waals surface area contributed by atoms with Gasteiger partial charge in [-0.25, -0.2) is 9.59 Å². The molecular formula is C24H20ClF2NO4. The van der Waals surface area contributed by atoms with Gasteiger partial charge in [-0.3, -0.25) is 0 Å². The molecule has 3 aromatic carbocycles. The third kappa shape index (κ3) is 5.82. The van der Waals surface area contributed by atoms with E-state index in [1.54, 1.807) is 36.4 Å². The van der Waals surface area contributed by atoms with E-state index in [-0.39, 0.29) is 17.0 Å². The topological polar surface area (TPSA) is 75.6 Å². The van der Waals surface area contributed by atoms with Crippen molar-refractivity contribution in [3.8, 4) is 0 Å². The minimum Gasteiger partial charge on any atom is -0.480 e. The molecule has 0 bridgehead atoms.